The highest BCUT2D eigenvalue weighted by atomic mass is 28.1. The van der Waals surface area contributed by atoms with Gasteiger partial charge in [0.1, 0.15) is 0 Å². The van der Waals surface area contributed by atoms with E-state index in [1.54, 1.807) is 6.92 Å². The van der Waals surface area contributed by atoms with Crippen molar-refractivity contribution in [1.29, 1.82) is 0 Å². The summed E-state index contributed by atoms with van der Waals surface area (Å²) >= 11 is 0. The number of benzene rings is 1. The van der Waals surface area contributed by atoms with Crippen LogP contribution in [0.1, 0.15) is 22.3 Å². The van der Waals surface area contributed by atoms with Gasteiger partial charge in [-0.1, -0.05) is 6.07 Å². The van der Waals surface area contributed by atoms with Crippen molar-refractivity contribution in [3.05, 3.63) is 34.4 Å². The van der Waals surface area contributed by atoms with Gasteiger partial charge in [0.15, 0.2) is 0 Å². The molecule has 0 heterocycles. The first-order valence-electron chi connectivity index (χ1n) is 3.98. The van der Waals surface area contributed by atoms with Gasteiger partial charge in [-0.25, -0.2) is 0 Å². The maximum Gasteiger partial charge on any atom is 0.416 e. The van der Waals surface area contributed by atoms with E-state index in [1.165, 1.54) is 13.0 Å². The van der Waals surface area contributed by atoms with Crippen LogP contribution in [0.3, 0.4) is 0 Å². The Bertz CT molecular complexity index is 329. The zero-order valence-corrected chi connectivity index (χ0v) is 7.79. The minimum atomic E-state index is -4.23. The summed E-state index contributed by atoms with van der Waals surface area (Å²) in [7, 11) is 0. The van der Waals surface area contributed by atoms with E-state index in [9.17, 15) is 13.2 Å². The van der Waals surface area contributed by atoms with Crippen molar-refractivity contribution in [2.75, 3.05) is 0 Å². The van der Waals surface area contributed by atoms with Gasteiger partial charge in [-0.3, -0.25) is 0 Å². The molecule has 0 spiro atoms. The Kier molecular flexibility index (Phi) is 3.94. The number of hydrogen-bond acceptors (Lipinski definition) is 0. The summed E-state index contributed by atoms with van der Waals surface area (Å²) in [4.78, 5) is 0. The van der Waals surface area contributed by atoms with Crippen molar-refractivity contribution in [2.45, 2.75) is 26.9 Å². The summed E-state index contributed by atoms with van der Waals surface area (Å²) in [5.41, 5.74) is 1.41. The average Bonchev–Trinajstić information content (AvgIpc) is 1.98. The molecule has 0 bridgehead atoms. The van der Waals surface area contributed by atoms with Crippen LogP contribution in [0.15, 0.2) is 12.1 Å². The summed E-state index contributed by atoms with van der Waals surface area (Å²) in [6.45, 7) is 5.02. The van der Waals surface area contributed by atoms with Crippen LogP contribution >= 0.6 is 0 Å². The lowest BCUT2D eigenvalue weighted by molar-refractivity contribution is -0.138. The molecule has 1 aromatic rings. The summed E-state index contributed by atoms with van der Waals surface area (Å²) in [5, 5.41) is 0. The Morgan fingerprint density at radius 1 is 0.929 bits per heavy atom. The molecule has 0 saturated heterocycles. The monoisotopic (exact) mass is 220 g/mol. The highest BCUT2D eigenvalue weighted by Gasteiger charge is 2.32. The van der Waals surface area contributed by atoms with Crippen molar-refractivity contribution < 1.29 is 13.2 Å². The van der Waals surface area contributed by atoms with Gasteiger partial charge in [-0.2, -0.15) is 13.2 Å². The molecule has 14 heavy (non-hydrogen) atoms. The first-order chi connectivity index (χ1) is 5.84. The molecule has 4 heteroatoms. The summed E-state index contributed by atoms with van der Waals surface area (Å²) in [5.74, 6) is 0. The first-order valence-corrected chi connectivity index (χ1v) is 3.98. The molecule has 0 fully saturated rings. The SMILES string of the molecule is Cc1ccc(C(F)(F)F)c(C)c1C.[SiH4]. The van der Waals surface area contributed by atoms with Gasteiger partial charge in [-0.15, -0.1) is 0 Å². The lowest BCUT2D eigenvalue weighted by Gasteiger charge is -2.13. The van der Waals surface area contributed by atoms with Crippen molar-refractivity contribution >= 4 is 11.0 Å². The maximum absolute atomic E-state index is 12.4. The van der Waals surface area contributed by atoms with E-state index in [-0.39, 0.29) is 11.0 Å². The Hall–Kier alpha value is -0.773. The molecule has 0 aliphatic rings. The van der Waals surface area contributed by atoms with Crippen molar-refractivity contribution in [3.8, 4) is 0 Å². The Morgan fingerprint density at radius 3 is 1.86 bits per heavy atom. The summed E-state index contributed by atoms with van der Waals surface area (Å²) in [6, 6.07) is 2.64. The smallest absolute Gasteiger partial charge is 0.166 e. The van der Waals surface area contributed by atoms with Crippen molar-refractivity contribution in [1.82, 2.24) is 0 Å². The number of halogens is 3. The second kappa shape index (κ2) is 4.17. The standard InChI is InChI=1S/C10H11F3.H4Si/c1-6-4-5-9(10(11,12)13)8(3)7(6)2;/h4-5H,1-3H3;1H4. The second-order valence-electron chi connectivity index (χ2n) is 3.18. The topological polar surface area (TPSA) is 0 Å². The molecule has 0 saturated carbocycles. The van der Waals surface area contributed by atoms with E-state index < -0.39 is 11.7 Å². The average molecular weight is 220 g/mol. The van der Waals surface area contributed by atoms with E-state index in [2.05, 4.69) is 0 Å². The molecular formula is C10H15F3Si. The molecule has 0 aliphatic heterocycles. The molecule has 0 aromatic heterocycles. The van der Waals surface area contributed by atoms with Gasteiger partial charge in [0.2, 0.25) is 0 Å². The fraction of sp³-hybridized carbons (Fsp3) is 0.400. The lowest BCUT2D eigenvalue weighted by Crippen LogP contribution is -2.08. The van der Waals surface area contributed by atoms with E-state index >= 15 is 0 Å². The number of aryl methyl sites for hydroxylation is 1. The molecule has 1 aromatic carbocycles. The van der Waals surface area contributed by atoms with Crippen LogP contribution in [-0.4, -0.2) is 11.0 Å². The third-order valence-electron chi connectivity index (χ3n) is 2.36. The molecule has 0 atom stereocenters. The predicted molar refractivity (Wildman–Crippen MR) is 57.0 cm³/mol. The molecule has 0 nitrogen and oxygen atoms in total. The van der Waals surface area contributed by atoms with Crippen LogP contribution in [0.5, 0.6) is 0 Å². The fourth-order valence-corrected chi connectivity index (χ4v) is 1.26. The van der Waals surface area contributed by atoms with Gasteiger partial charge in [0, 0.05) is 0 Å². The quantitative estimate of drug-likeness (QED) is 0.588. The van der Waals surface area contributed by atoms with Gasteiger partial charge in [-0.05, 0) is 54.5 Å². The van der Waals surface area contributed by atoms with Crippen LogP contribution in [-0.2, 0) is 6.18 Å². The van der Waals surface area contributed by atoms with E-state index in [0.717, 1.165) is 17.2 Å². The van der Waals surface area contributed by atoms with Gasteiger partial charge in [0.25, 0.3) is 0 Å². The highest BCUT2D eigenvalue weighted by Crippen LogP contribution is 2.33. The number of alkyl halides is 3. The first kappa shape index (κ1) is 13.2. The zero-order chi connectivity index (χ0) is 10.2. The molecule has 0 aliphatic carbocycles. The lowest BCUT2D eigenvalue weighted by atomic mass is 9.99. The van der Waals surface area contributed by atoms with Gasteiger partial charge < -0.3 is 0 Å². The van der Waals surface area contributed by atoms with E-state index in [0.29, 0.717) is 5.56 Å². The maximum atomic E-state index is 12.4. The van der Waals surface area contributed by atoms with Crippen molar-refractivity contribution in [3.63, 3.8) is 0 Å². The zero-order valence-electron chi connectivity index (χ0n) is 7.79. The van der Waals surface area contributed by atoms with Gasteiger partial charge in [0.05, 0.1) is 5.56 Å². The Balaban J connectivity index is 0.00000169. The van der Waals surface area contributed by atoms with Crippen LogP contribution in [0, 0.1) is 20.8 Å². The van der Waals surface area contributed by atoms with Crippen LogP contribution in [0.4, 0.5) is 13.2 Å². The molecule has 0 radical (unpaired) electrons. The van der Waals surface area contributed by atoms with E-state index in [1.807, 2.05) is 6.92 Å². The Morgan fingerprint density at radius 2 is 1.43 bits per heavy atom. The van der Waals surface area contributed by atoms with Crippen LogP contribution < -0.4 is 0 Å². The number of rotatable bonds is 0. The largest absolute Gasteiger partial charge is 0.416 e. The second-order valence-corrected chi connectivity index (χ2v) is 3.18. The highest BCUT2D eigenvalue weighted by molar-refractivity contribution is 5.75. The predicted octanol–water partition coefficient (Wildman–Crippen LogP) is 2.18. The third-order valence-corrected chi connectivity index (χ3v) is 2.36. The van der Waals surface area contributed by atoms with Gasteiger partial charge >= 0.3 is 6.18 Å². The molecule has 1 rings (SSSR count). The minimum absolute atomic E-state index is 0. The number of hydrogen-bond donors (Lipinski definition) is 0. The van der Waals surface area contributed by atoms with Crippen LogP contribution in [0.2, 0.25) is 0 Å². The molecule has 0 N–H and O–H groups in total. The van der Waals surface area contributed by atoms with Crippen molar-refractivity contribution in [2.24, 2.45) is 0 Å². The molecule has 80 valence electrons. The third kappa shape index (κ3) is 2.38. The summed E-state index contributed by atoms with van der Waals surface area (Å²) in [6.07, 6.45) is -4.23. The molecule has 0 amide bonds. The fourth-order valence-electron chi connectivity index (χ4n) is 1.26. The van der Waals surface area contributed by atoms with Crippen LogP contribution in [0.25, 0.3) is 0 Å². The molecular weight excluding hydrogens is 205 g/mol. The normalized spacial score (nSPS) is 11.0. The molecule has 0 unspecified atom stereocenters. The summed E-state index contributed by atoms with van der Waals surface area (Å²) < 4.78 is 37.1. The minimum Gasteiger partial charge on any atom is -0.166 e. The van der Waals surface area contributed by atoms with E-state index in [4.69, 9.17) is 0 Å². The Labute approximate surface area is 86.2 Å².